The number of anilines is 1. The lowest BCUT2D eigenvalue weighted by Crippen LogP contribution is -2.36. The summed E-state index contributed by atoms with van der Waals surface area (Å²) in [5.74, 6) is -1.89. The van der Waals surface area contributed by atoms with Crippen LogP contribution in [0.15, 0.2) is 42.6 Å². The summed E-state index contributed by atoms with van der Waals surface area (Å²) < 4.78 is 18.7. The Bertz CT molecular complexity index is 1030. The largest absolute Gasteiger partial charge is 0.492 e. The maximum atomic E-state index is 13.4. The monoisotopic (exact) mass is 397 g/mol. The number of aromatic amines is 1. The minimum Gasteiger partial charge on any atom is -0.492 e. The zero-order chi connectivity index (χ0) is 20.8. The second-order valence-electron chi connectivity index (χ2n) is 6.54. The lowest BCUT2D eigenvalue weighted by atomic mass is 10.1. The molecule has 0 aliphatic heterocycles. The topological polar surface area (TPSA) is 83.2 Å². The first-order valence-corrected chi connectivity index (χ1v) is 9.62. The van der Waals surface area contributed by atoms with Gasteiger partial charge < -0.3 is 20.4 Å². The van der Waals surface area contributed by atoms with Gasteiger partial charge in [-0.1, -0.05) is 25.1 Å². The van der Waals surface area contributed by atoms with Crippen molar-refractivity contribution in [2.75, 3.05) is 18.5 Å². The van der Waals surface area contributed by atoms with Gasteiger partial charge >= 0.3 is 11.8 Å². The third-order valence-electron chi connectivity index (χ3n) is 4.65. The van der Waals surface area contributed by atoms with Gasteiger partial charge in [-0.3, -0.25) is 9.59 Å². The SMILES string of the molecule is CCOc1cc(F)ccc1NC(=O)C(=O)NCCc1c[nH]c2c(CC)cccc12. The van der Waals surface area contributed by atoms with Gasteiger partial charge in [0.1, 0.15) is 11.6 Å². The molecule has 7 heteroatoms. The number of hydrogen-bond acceptors (Lipinski definition) is 3. The lowest BCUT2D eigenvalue weighted by molar-refractivity contribution is -0.136. The number of carbonyl (C=O) groups is 2. The summed E-state index contributed by atoms with van der Waals surface area (Å²) in [6, 6.07) is 9.86. The van der Waals surface area contributed by atoms with Gasteiger partial charge in [-0.05, 0) is 43.0 Å². The molecule has 0 aliphatic carbocycles. The van der Waals surface area contributed by atoms with Gasteiger partial charge in [0.2, 0.25) is 0 Å². The van der Waals surface area contributed by atoms with E-state index in [1.165, 1.54) is 23.8 Å². The Labute approximate surface area is 168 Å². The Hall–Kier alpha value is -3.35. The fraction of sp³-hybridized carbons (Fsp3) is 0.273. The number of para-hydroxylation sites is 1. The summed E-state index contributed by atoms with van der Waals surface area (Å²) >= 11 is 0. The van der Waals surface area contributed by atoms with Crippen molar-refractivity contribution in [3.8, 4) is 5.75 Å². The molecule has 3 aromatic rings. The number of aryl methyl sites for hydroxylation is 1. The number of carbonyl (C=O) groups excluding carboxylic acids is 2. The van der Waals surface area contributed by atoms with Gasteiger partial charge in [0.15, 0.2) is 0 Å². The van der Waals surface area contributed by atoms with E-state index in [4.69, 9.17) is 4.74 Å². The molecule has 3 rings (SSSR count). The first-order chi connectivity index (χ1) is 14.0. The molecule has 0 fully saturated rings. The number of hydrogen-bond donors (Lipinski definition) is 3. The van der Waals surface area contributed by atoms with Gasteiger partial charge in [-0.2, -0.15) is 0 Å². The number of rotatable bonds is 7. The predicted octanol–water partition coefficient (Wildman–Crippen LogP) is 3.57. The zero-order valence-electron chi connectivity index (χ0n) is 16.5. The molecule has 0 aliphatic rings. The van der Waals surface area contributed by atoms with Gasteiger partial charge in [0.25, 0.3) is 0 Å². The van der Waals surface area contributed by atoms with Crippen molar-refractivity contribution in [1.29, 1.82) is 0 Å². The van der Waals surface area contributed by atoms with Crippen LogP contribution < -0.4 is 15.4 Å². The first kappa shape index (κ1) is 20.4. The van der Waals surface area contributed by atoms with E-state index in [0.29, 0.717) is 19.6 Å². The summed E-state index contributed by atoms with van der Waals surface area (Å²) in [5, 5.41) is 6.20. The highest BCUT2D eigenvalue weighted by Gasteiger charge is 2.16. The average molecular weight is 397 g/mol. The van der Waals surface area contributed by atoms with Crippen molar-refractivity contribution in [2.45, 2.75) is 26.7 Å². The van der Waals surface area contributed by atoms with Crippen LogP contribution in [-0.2, 0) is 22.4 Å². The molecule has 29 heavy (non-hydrogen) atoms. The van der Waals surface area contributed by atoms with Crippen LogP contribution in [0.2, 0.25) is 0 Å². The second kappa shape index (κ2) is 9.23. The molecule has 0 bridgehead atoms. The molecule has 3 N–H and O–H groups in total. The fourth-order valence-electron chi connectivity index (χ4n) is 3.22. The first-order valence-electron chi connectivity index (χ1n) is 9.62. The van der Waals surface area contributed by atoms with Crippen molar-refractivity contribution < 1.29 is 18.7 Å². The number of nitrogens with one attached hydrogen (secondary N) is 3. The van der Waals surface area contributed by atoms with E-state index < -0.39 is 17.6 Å². The second-order valence-corrected chi connectivity index (χ2v) is 6.54. The quantitative estimate of drug-likeness (QED) is 0.533. The summed E-state index contributed by atoms with van der Waals surface area (Å²) in [6.07, 6.45) is 3.46. The van der Waals surface area contributed by atoms with Crippen LogP contribution >= 0.6 is 0 Å². The number of benzene rings is 2. The third kappa shape index (κ3) is 4.74. The molecule has 2 amide bonds. The standard InChI is InChI=1S/C22H24FN3O3/c1-3-14-6-5-7-17-15(13-25-20(14)17)10-11-24-21(27)22(28)26-18-9-8-16(23)12-19(18)29-4-2/h5-9,12-13,25H,3-4,10-11H2,1-2H3,(H,24,27)(H,26,28). The smallest absolute Gasteiger partial charge is 0.313 e. The van der Waals surface area contributed by atoms with Crippen molar-refractivity contribution >= 4 is 28.4 Å². The van der Waals surface area contributed by atoms with E-state index in [9.17, 15) is 14.0 Å². The zero-order valence-corrected chi connectivity index (χ0v) is 16.5. The Balaban J connectivity index is 1.58. The highest BCUT2D eigenvalue weighted by Crippen LogP contribution is 2.25. The van der Waals surface area contributed by atoms with Crippen molar-refractivity contribution in [3.05, 3.63) is 59.5 Å². The highest BCUT2D eigenvalue weighted by molar-refractivity contribution is 6.39. The minimum absolute atomic E-state index is 0.180. The summed E-state index contributed by atoms with van der Waals surface area (Å²) in [6.45, 7) is 4.48. The van der Waals surface area contributed by atoms with Gasteiger partial charge in [0, 0.05) is 29.7 Å². The summed E-state index contributed by atoms with van der Waals surface area (Å²) in [5.41, 5.74) is 3.67. The third-order valence-corrected chi connectivity index (χ3v) is 4.65. The van der Waals surface area contributed by atoms with E-state index in [-0.39, 0.29) is 11.4 Å². The maximum Gasteiger partial charge on any atom is 0.313 e. The molecular weight excluding hydrogens is 373 g/mol. The van der Waals surface area contributed by atoms with Crippen molar-refractivity contribution in [3.63, 3.8) is 0 Å². The van der Waals surface area contributed by atoms with E-state index in [0.717, 1.165) is 22.9 Å². The molecule has 1 aromatic heterocycles. The minimum atomic E-state index is -0.829. The van der Waals surface area contributed by atoms with Crippen LogP contribution in [-0.4, -0.2) is 29.9 Å². The van der Waals surface area contributed by atoms with Crippen LogP contribution in [0, 0.1) is 5.82 Å². The van der Waals surface area contributed by atoms with Crippen LogP contribution in [0.4, 0.5) is 10.1 Å². The molecule has 0 radical (unpaired) electrons. The Kier molecular flexibility index (Phi) is 6.49. The molecule has 152 valence electrons. The van der Waals surface area contributed by atoms with E-state index in [1.807, 2.05) is 18.3 Å². The predicted molar refractivity (Wildman–Crippen MR) is 111 cm³/mol. The van der Waals surface area contributed by atoms with Crippen LogP contribution in [0.3, 0.4) is 0 Å². The highest BCUT2D eigenvalue weighted by atomic mass is 19.1. The molecule has 0 saturated heterocycles. The number of ether oxygens (including phenoxy) is 1. The Morgan fingerprint density at radius 1 is 1.10 bits per heavy atom. The fourth-order valence-corrected chi connectivity index (χ4v) is 3.22. The maximum absolute atomic E-state index is 13.4. The Morgan fingerprint density at radius 3 is 2.69 bits per heavy atom. The van der Waals surface area contributed by atoms with Crippen molar-refractivity contribution in [1.82, 2.24) is 10.3 Å². The molecule has 0 saturated carbocycles. The lowest BCUT2D eigenvalue weighted by Gasteiger charge is -2.11. The van der Waals surface area contributed by atoms with Gasteiger partial charge in [-0.15, -0.1) is 0 Å². The summed E-state index contributed by atoms with van der Waals surface area (Å²) in [4.78, 5) is 27.6. The number of aromatic nitrogens is 1. The van der Waals surface area contributed by atoms with Gasteiger partial charge in [0.05, 0.1) is 12.3 Å². The van der Waals surface area contributed by atoms with E-state index >= 15 is 0 Å². The number of halogens is 1. The van der Waals surface area contributed by atoms with Gasteiger partial charge in [-0.25, -0.2) is 4.39 Å². The Morgan fingerprint density at radius 2 is 1.93 bits per heavy atom. The summed E-state index contributed by atoms with van der Waals surface area (Å²) in [7, 11) is 0. The number of amides is 2. The number of H-pyrrole nitrogens is 1. The molecule has 6 nitrogen and oxygen atoms in total. The molecule has 0 spiro atoms. The number of fused-ring (bicyclic) bond motifs is 1. The molecule has 1 heterocycles. The molecule has 0 atom stereocenters. The average Bonchev–Trinajstić information content (AvgIpc) is 3.13. The van der Waals surface area contributed by atoms with Crippen LogP contribution in [0.25, 0.3) is 10.9 Å². The van der Waals surface area contributed by atoms with E-state index in [2.05, 4.69) is 28.6 Å². The molecule has 0 unspecified atom stereocenters. The van der Waals surface area contributed by atoms with Crippen molar-refractivity contribution in [2.24, 2.45) is 0 Å². The van der Waals surface area contributed by atoms with Crippen LogP contribution in [0.1, 0.15) is 25.0 Å². The molecular formula is C22H24FN3O3. The van der Waals surface area contributed by atoms with Crippen LogP contribution in [0.5, 0.6) is 5.75 Å². The van der Waals surface area contributed by atoms with E-state index in [1.54, 1.807) is 6.92 Å². The molecule has 2 aromatic carbocycles. The normalized spacial score (nSPS) is 10.7.